The number of phenols is 4. The van der Waals surface area contributed by atoms with Crippen molar-refractivity contribution in [3.05, 3.63) is 40.6 Å². The van der Waals surface area contributed by atoms with E-state index < -0.39 is 96.9 Å². The predicted molar refractivity (Wildman–Crippen MR) is 142 cm³/mol. The second-order valence-corrected chi connectivity index (χ2v) is 9.83. The monoisotopic (exact) mass is 632 g/mol. The molecule has 3 aliphatic heterocycles. The van der Waals surface area contributed by atoms with Crippen LogP contribution in [-0.2, 0) is 14.2 Å². The maximum Gasteiger partial charge on any atom is 0.229 e. The third-order valence-corrected chi connectivity index (χ3v) is 6.95. The third-order valence-electron chi connectivity index (χ3n) is 6.95. The average Bonchev–Trinajstić information content (AvgIpc) is 2.95. The number of ether oxygens (including phenoxy) is 4. The van der Waals surface area contributed by atoms with Crippen LogP contribution in [0.1, 0.15) is 0 Å². The Kier molecular flexibility index (Phi) is 9.57. The van der Waals surface area contributed by atoms with Crippen LogP contribution in [0.3, 0.4) is 0 Å². The van der Waals surface area contributed by atoms with Crippen molar-refractivity contribution < 1.29 is 74.4 Å². The van der Waals surface area contributed by atoms with Gasteiger partial charge in [-0.2, -0.15) is 0 Å². The van der Waals surface area contributed by atoms with Gasteiger partial charge in [-0.3, -0.25) is 4.79 Å². The number of hydrogen-bond acceptors (Lipinski definition) is 16. The third kappa shape index (κ3) is 6.16. The van der Waals surface area contributed by atoms with Gasteiger partial charge < -0.3 is 74.4 Å². The summed E-state index contributed by atoms with van der Waals surface area (Å²) in [6.45, 7) is -1.25. The van der Waals surface area contributed by atoms with Gasteiger partial charge in [-0.15, -0.1) is 12.4 Å². The lowest BCUT2D eigenvalue weighted by molar-refractivity contribution is -0.344. The van der Waals surface area contributed by atoms with Crippen LogP contribution < -0.4 is 10.2 Å². The van der Waals surface area contributed by atoms with Gasteiger partial charge in [0.05, 0.1) is 18.8 Å². The minimum Gasteiger partial charge on any atom is -0.507 e. The minimum absolute atomic E-state index is 0. The number of aliphatic hydroxyl groups excluding tert-OH is 6. The van der Waals surface area contributed by atoms with Crippen LogP contribution in [0.5, 0.6) is 28.7 Å². The Morgan fingerprint density at radius 2 is 1.49 bits per heavy atom. The largest absolute Gasteiger partial charge is 0.507 e. The number of aromatic hydroxyl groups is 4. The predicted octanol–water partition coefficient (Wildman–Crippen LogP) is -1.70. The lowest BCUT2D eigenvalue weighted by Gasteiger charge is -2.44. The standard InChI is InChI=1S/C26H28O16.ClH/c27-6-17-20(35)21(36)24(42-25-22(37)19(34)14(32)7-38-25)26(41-17)40-16-5-10-11(29)3-9(28)4-15(10)39-23(16)8-1-12(30)18(33)13(31)2-8;/h1-5,14,17,19-22,24-27,29-37H,6-7H2;1H/t14-,17-,19+,20-,21+,22-,24-,25+,26-;/m1./s1. The van der Waals surface area contributed by atoms with E-state index in [1.54, 1.807) is 0 Å². The highest BCUT2D eigenvalue weighted by Crippen LogP contribution is 2.45. The number of halogens is 1. The van der Waals surface area contributed by atoms with E-state index in [2.05, 4.69) is 0 Å². The molecule has 9 atom stereocenters. The van der Waals surface area contributed by atoms with Crippen LogP contribution in [0.25, 0.3) is 22.6 Å². The molecule has 0 unspecified atom stereocenters. The summed E-state index contributed by atoms with van der Waals surface area (Å²) in [7, 11) is 0. The van der Waals surface area contributed by atoms with Crippen molar-refractivity contribution in [2.45, 2.75) is 55.3 Å². The normalized spacial score (nSPS) is 31.0. The molecule has 0 saturated carbocycles. The molecule has 236 valence electrons. The van der Waals surface area contributed by atoms with Crippen LogP contribution >= 0.6 is 12.4 Å². The minimum atomic E-state index is -1.85. The Balaban J connectivity index is 0.00000423. The molecule has 17 heteroatoms. The zero-order valence-corrected chi connectivity index (χ0v) is 22.6. The molecule has 5 rings (SSSR count). The summed E-state index contributed by atoms with van der Waals surface area (Å²) < 4.78 is 28.2. The fourth-order valence-electron chi connectivity index (χ4n) is 4.67. The molecule has 2 saturated heterocycles. The quantitative estimate of drug-likeness (QED) is 0.136. The second kappa shape index (κ2) is 12.7. The zero-order chi connectivity index (χ0) is 30.5. The van der Waals surface area contributed by atoms with Crippen molar-refractivity contribution in [2.75, 3.05) is 13.2 Å². The van der Waals surface area contributed by atoms with Gasteiger partial charge in [0.1, 0.15) is 48.1 Å². The van der Waals surface area contributed by atoms with Gasteiger partial charge in [0.2, 0.25) is 6.29 Å². The van der Waals surface area contributed by atoms with Gasteiger partial charge in [-0.25, -0.2) is 0 Å². The molecule has 0 amide bonds. The first-order valence-corrected chi connectivity index (χ1v) is 12.6. The van der Waals surface area contributed by atoms with Crippen LogP contribution in [0.15, 0.2) is 39.5 Å². The summed E-state index contributed by atoms with van der Waals surface area (Å²) in [6.07, 6.45) is -15.0. The molecule has 10 N–H and O–H groups in total. The van der Waals surface area contributed by atoms with Gasteiger partial charge in [-0.1, -0.05) is 0 Å². The fourth-order valence-corrected chi connectivity index (χ4v) is 4.67. The lowest BCUT2D eigenvalue weighted by atomic mass is 9.98. The number of rotatable bonds is 6. The van der Waals surface area contributed by atoms with Crippen LogP contribution in [-0.4, -0.2) is 120 Å². The van der Waals surface area contributed by atoms with Crippen LogP contribution in [0, 0.1) is 0 Å². The van der Waals surface area contributed by atoms with Crippen molar-refractivity contribution in [3.63, 3.8) is 0 Å². The Hall–Kier alpha value is -3.42. The first-order valence-electron chi connectivity index (χ1n) is 12.6. The molecule has 16 nitrogen and oxygen atoms in total. The number of aliphatic hydroxyl groups is 6. The van der Waals surface area contributed by atoms with Crippen molar-refractivity contribution in [2.24, 2.45) is 0 Å². The van der Waals surface area contributed by atoms with Crippen molar-refractivity contribution >= 4 is 12.4 Å². The van der Waals surface area contributed by atoms with Gasteiger partial charge in [-0.05, 0) is 18.2 Å². The molecule has 1 aliphatic carbocycles. The Labute approximate surface area is 247 Å². The van der Waals surface area contributed by atoms with E-state index in [-0.39, 0.29) is 40.8 Å². The summed E-state index contributed by atoms with van der Waals surface area (Å²) in [4.78, 5) is 12.0. The molecular formula is C26H29ClO16. The van der Waals surface area contributed by atoms with Crippen molar-refractivity contribution in [3.8, 4) is 51.4 Å². The number of hydrogen-bond donors (Lipinski definition) is 10. The van der Waals surface area contributed by atoms with E-state index in [0.29, 0.717) is 0 Å². The van der Waals surface area contributed by atoms with Crippen molar-refractivity contribution in [1.29, 1.82) is 0 Å². The summed E-state index contributed by atoms with van der Waals surface area (Å²) in [6, 6.07) is 5.08. The molecule has 0 spiro atoms. The topological polar surface area (TPSA) is 269 Å². The van der Waals surface area contributed by atoms with Gasteiger partial charge >= 0.3 is 0 Å². The Morgan fingerprint density at radius 1 is 0.814 bits per heavy atom. The van der Waals surface area contributed by atoms with Gasteiger partial charge in [0.25, 0.3) is 0 Å². The average molecular weight is 633 g/mol. The zero-order valence-electron chi connectivity index (χ0n) is 21.8. The number of phenolic OH excluding ortho intramolecular Hbond substituents is 4. The molecule has 43 heavy (non-hydrogen) atoms. The SMILES string of the molecule is Cl.O=c1cc2oc(-c3cc(O)c(O)c(O)c3)c(O[C@@H]3O[C@H](CO)[C@@H](O)[C@H](O)[C@H]3O[C@@H]3OC[C@@H](O)[C@H](O)[C@H]3O)cc-2c(O)c1. The molecule has 1 aromatic carbocycles. The second-order valence-electron chi connectivity index (χ2n) is 9.83. The first-order chi connectivity index (χ1) is 19.9. The maximum atomic E-state index is 12.0. The fraction of sp³-hybridized carbons (Fsp3) is 0.423. The van der Waals surface area contributed by atoms with E-state index in [0.717, 1.165) is 24.3 Å². The molecular weight excluding hydrogens is 604 g/mol. The first kappa shape index (κ1) is 32.5. The highest BCUT2D eigenvalue weighted by atomic mass is 35.5. The smallest absolute Gasteiger partial charge is 0.229 e. The summed E-state index contributed by atoms with van der Waals surface area (Å²) in [5.74, 6) is -3.64. The molecule has 1 aromatic rings. The highest BCUT2D eigenvalue weighted by Gasteiger charge is 2.50. The molecule has 4 aliphatic rings. The van der Waals surface area contributed by atoms with E-state index in [9.17, 15) is 55.9 Å². The van der Waals surface area contributed by atoms with Gasteiger partial charge in [0, 0.05) is 17.7 Å². The van der Waals surface area contributed by atoms with Gasteiger partial charge in [0.15, 0.2) is 46.6 Å². The highest BCUT2D eigenvalue weighted by molar-refractivity contribution is 5.85. The van der Waals surface area contributed by atoms with Crippen LogP contribution in [0.4, 0.5) is 0 Å². The number of fused-ring (bicyclic) bond motifs is 1. The maximum absolute atomic E-state index is 12.0. The molecule has 0 aromatic heterocycles. The van der Waals surface area contributed by atoms with Crippen molar-refractivity contribution in [1.82, 2.24) is 0 Å². The van der Waals surface area contributed by atoms with Crippen LogP contribution in [0.2, 0.25) is 0 Å². The van der Waals surface area contributed by atoms with E-state index >= 15 is 0 Å². The molecule has 0 bridgehead atoms. The molecule has 2 fully saturated rings. The molecule has 3 heterocycles. The van der Waals surface area contributed by atoms with E-state index in [1.807, 2.05) is 0 Å². The lowest BCUT2D eigenvalue weighted by Crippen LogP contribution is -2.63. The summed E-state index contributed by atoms with van der Waals surface area (Å²) in [5, 5.41) is 102. The van der Waals surface area contributed by atoms with E-state index in [4.69, 9.17) is 23.4 Å². The molecule has 0 radical (unpaired) electrons. The number of benzene rings is 2. The summed E-state index contributed by atoms with van der Waals surface area (Å²) >= 11 is 0. The Bertz CT molecular complexity index is 1440. The summed E-state index contributed by atoms with van der Waals surface area (Å²) in [5.41, 5.74) is -0.771. The Morgan fingerprint density at radius 3 is 2.14 bits per heavy atom. The van der Waals surface area contributed by atoms with E-state index in [1.165, 1.54) is 6.07 Å².